The van der Waals surface area contributed by atoms with Crippen LogP contribution >= 0.6 is 22.9 Å². The number of nitrogens with one attached hydrogen (secondary N) is 2. The van der Waals surface area contributed by atoms with Gasteiger partial charge in [0.25, 0.3) is 0 Å². The number of methoxy groups -OCH3 is 2. The lowest BCUT2D eigenvalue weighted by Crippen LogP contribution is -2.59. The summed E-state index contributed by atoms with van der Waals surface area (Å²) >= 11 is 8.43. The largest absolute Gasteiger partial charge is 0.490 e. The predicted molar refractivity (Wildman–Crippen MR) is 223 cm³/mol. The summed E-state index contributed by atoms with van der Waals surface area (Å²) in [4.78, 5) is 66.8. The van der Waals surface area contributed by atoms with Gasteiger partial charge in [-0.15, -0.1) is 11.3 Å². The van der Waals surface area contributed by atoms with Gasteiger partial charge in [-0.3, -0.25) is 9.59 Å². The molecule has 7 rings (SSSR count). The van der Waals surface area contributed by atoms with Crippen LogP contribution in [0.2, 0.25) is 5.02 Å². The molecule has 1 saturated heterocycles. The van der Waals surface area contributed by atoms with Crippen molar-refractivity contribution in [2.24, 2.45) is 23.2 Å². The molecule has 3 aromatic rings. The molecular weight excluding hydrogens is 798 g/mol. The summed E-state index contributed by atoms with van der Waals surface area (Å²) in [5.74, 6) is 0.689. The maximum absolute atomic E-state index is 14.8. The Morgan fingerprint density at radius 1 is 1.02 bits per heavy atom. The van der Waals surface area contributed by atoms with Gasteiger partial charge in [0.15, 0.2) is 0 Å². The predicted octanol–water partition coefficient (Wildman–Crippen LogP) is 6.91. The summed E-state index contributed by atoms with van der Waals surface area (Å²) in [7, 11) is 2.89. The number of nitrogens with zero attached hydrogens (tertiary/aromatic N) is 3. The van der Waals surface area contributed by atoms with Crippen LogP contribution in [0.4, 0.5) is 4.79 Å². The Kier molecular flexibility index (Phi) is 12.4. The number of likely N-dealkylation sites (tertiary alicyclic amines) is 1. The number of benzene rings is 1. The molecule has 0 radical (unpaired) electrons. The highest BCUT2D eigenvalue weighted by atomic mass is 35.5. The Morgan fingerprint density at radius 3 is 2.39 bits per heavy atom. The number of aromatic nitrogens is 2. The van der Waals surface area contributed by atoms with Gasteiger partial charge in [0.05, 0.1) is 31.5 Å². The van der Waals surface area contributed by atoms with Gasteiger partial charge in [0.1, 0.15) is 63.7 Å². The Morgan fingerprint density at radius 2 is 1.76 bits per heavy atom. The third-order valence-electron chi connectivity index (χ3n) is 12.2. The maximum atomic E-state index is 14.8. The maximum Gasteiger partial charge on any atom is 0.408 e. The number of thiazole rings is 1. The van der Waals surface area contributed by atoms with E-state index in [1.54, 1.807) is 19.2 Å². The molecule has 1 aromatic carbocycles. The van der Waals surface area contributed by atoms with Crippen molar-refractivity contribution < 1.29 is 42.9 Å². The molecule has 0 spiro atoms. The number of rotatable bonds is 15. The van der Waals surface area contributed by atoms with Crippen LogP contribution in [0.1, 0.15) is 91.7 Å². The second-order valence-electron chi connectivity index (χ2n) is 17.8. The first-order valence-corrected chi connectivity index (χ1v) is 21.9. The smallest absolute Gasteiger partial charge is 0.408 e. The molecule has 16 heteroatoms. The fourth-order valence-electron chi connectivity index (χ4n) is 8.62. The molecule has 3 aliphatic carbocycles. The summed E-state index contributed by atoms with van der Waals surface area (Å²) in [6.45, 7) is 12.3. The first kappa shape index (κ1) is 42.9. The molecule has 1 unspecified atom stereocenters. The number of pyridine rings is 1. The average molecular weight is 854 g/mol. The van der Waals surface area contributed by atoms with E-state index in [2.05, 4.69) is 24.5 Å². The molecule has 1 aliphatic heterocycles. The lowest BCUT2D eigenvalue weighted by molar-refractivity contribution is -0.148. The Hall–Kier alpha value is -4.21. The zero-order valence-corrected chi connectivity index (χ0v) is 36.7. The van der Waals surface area contributed by atoms with Crippen LogP contribution in [-0.4, -0.2) is 103 Å². The lowest BCUT2D eigenvalue weighted by atomic mass is 9.85. The highest BCUT2D eigenvalue weighted by Crippen LogP contribution is 2.52. The second kappa shape index (κ2) is 17.0. The van der Waals surface area contributed by atoms with E-state index >= 15 is 0 Å². The van der Waals surface area contributed by atoms with Gasteiger partial charge in [-0.2, -0.15) is 0 Å². The van der Waals surface area contributed by atoms with Crippen LogP contribution in [0.15, 0.2) is 23.6 Å². The number of carbonyl (C=O) groups is 4. The van der Waals surface area contributed by atoms with Gasteiger partial charge in [-0.1, -0.05) is 59.6 Å². The van der Waals surface area contributed by atoms with E-state index in [1.807, 2.05) is 39.1 Å². The van der Waals surface area contributed by atoms with E-state index in [4.69, 9.17) is 45.3 Å². The number of halogens is 1. The van der Waals surface area contributed by atoms with Gasteiger partial charge in [0, 0.05) is 30.4 Å². The van der Waals surface area contributed by atoms with Crippen molar-refractivity contribution in [2.75, 3.05) is 34.0 Å². The van der Waals surface area contributed by atoms with Crippen molar-refractivity contribution >= 4 is 57.7 Å². The summed E-state index contributed by atoms with van der Waals surface area (Å²) < 4.78 is 28.8. The monoisotopic (exact) mass is 853 g/mol. The topological polar surface area (TPSA) is 168 Å². The first-order chi connectivity index (χ1) is 28.1. The van der Waals surface area contributed by atoms with Crippen molar-refractivity contribution in [2.45, 2.75) is 116 Å². The third kappa shape index (κ3) is 8.97. The number of ether oxygens (including phenoxy) is 5. The van der Waals surface area contributed by atoms with Crippen LogP contribution in [0, 0.1) is 23.2 Å². The van der Waals surface area contributed by atoms with Crippen molar-refractivity contribution in [1.29, 1.82) is 0 Å². The zero-order valence-electron chi connectivity index (χ0n) is 35.1. The van der Waals surface area contributed by atoms with Crippen molar-refractivity contribution in [3.63, 3.8) is 0 Å². The van der Waals surface area contributed by atoms with E-state index in [-0.39, 0.29) is 42.5 Å². The van der Waals surface area contributed by atoms with Crippen molar-refractivity contribution in [1.82, 2.24) is 25.5 Å². The van der Waals surface area contributed by atoms with Crippen LogP contribution in [0.5, 0.6) is 11.5 Å². The van der Waals surface area contributed by atoms with Crippen LogP contribution in [0.25, 0.3) is 21.6 Å². The number of hydrogen-bond acceptors (Lipinski definition) is 12. The molecule has 3 saturated carbocycles. The van der Waals surface area contributed by atoms with Gasteiger partial charge < -0.3 is 39.2 Å². The molecule has 3 heterocycles. The van der Waals surface area contributed by atoms with Crippen LogP contribution in [0.3, 0.4) is 0 Å². The van der Waals surface area contributed by atoms with Gasteiger partial charge in [-0.05, 0) is 66.9 Å². The molecule has 4 fully saturated rings. The van der Waals surface area contributed by atoms with E-state index < -0.39 is 53.0 Å². The van der Waals surface area contributed by atoms with Crippen LogP contribution < -0.4 is 20.1 Å². The van der Waals surface area contributed by atoms with E-state index in [1.165, 1.54) is 29.8 Å². The number of fused-ring (bicyclic) bond motifs is 2. The minimum Gasteiger partial charge on any atom is -0.490 e. The zero-order chi connectivity index (χ0) is 42.4. The van der Waals surface area contributed by atoms with Gasteiger partial charge in [0.2, 0.25) is 11.8 Å². The highest BCUT2D eigenvalue weighted by molar-refractivity contribution is 7.13. The average Bonchev–Trinajstić information content (AvgIpc) is 3.82. The number of carbonyl (C=O) groups excluding carboxylic acids is 4. The molecule has 14 nitrogen and oxygen atoms in total. The molecule has 0 bridgehead atoms. The minimum absolute atomic E-state index is 0.00842. The molecule has 2 N–H and O–H groups in total. The fourth-order valence-corrected chi connectivity index (χ4v) is 9.82. The number of hydrogen-bond donors (Lipinski definition) is 2. The fraction of sp³-hybridized carbons (Fsp3) is 0.628. The molecule has 2 aromatic heterocycles. The van der Waals surface area contributed by atoms with Crippen molar-refractivity contribution in [3.8, 4) is 22.2 Å². The normalized spacial score (nSPS) is 26.3. The molecule has 8 atom stereocenters. The quantitative estimate of drug-likeness (QED) is 0.121. The van der Waals surface area contributed by atoms with Crippen molar-refractivity contribution in [3.05, 3.63) is 34.3 Å². The summed E-state index contributed by atoms with van der Waals surface area (Å²) in [5, 5.41) is 9.39. The molecule has 3 amide bonds. The summed E-state index contributed by atoms with van der Waals surface area (Å²) in [5.41, 5.74) is -0.0450. The number of alkyl carbamates (subject to hydrolysis) is 1. The first-order valence-electron chi connectivity index (χ1n) is 20.6. The van der Waals surface area contributed by atoms with Crippen LogP contribution in [-0.2, 0) is 28.6 Å². The summed E-state index contributed by atoms with van der Waals surface area (Å²) in [6, 6.07) is 3.28. The third-order valence-corrected chi connectivity index (χ3v) is 13.5. The number of esters is 1. The molecule has 4 aliphatic rings. The van der Waals surface area contributed by atoms with E-state index in [0.29, 0.717) is 64.4 Å². The van der Waals surface area contributed by atoms with Gasteiger partial charge >= 0.3 is 12.1 Å². The Labute approximate surface area is 354 Å². The van der Waals surface area contributed by atoms with E-state index in [9.17, 15) is 19.2 Å². The van der Waals surface area contributed by atoms with E-state index in [0.717, 1.165) is 18.5 Å². The lowest BCUT2D eigenvalue weighted by Gasteiger charge is -2.35. The standard InChI is InChI=1S/C43H56ClN5O9S/c1-9-25-19-43(25,40(52)55-8)48-37(50)31-17-27(20-49(31)39(51)36(42(4,5)6)47-41(53)58-26-15-23-14-24(23)16-26)57-33-18-29(38-46-30(21-59-38)22(2)3)45-35-28(33)10-11-32(34(35)44)56-13-12-54-7/h10-11,18,21-27,31,36H,9,12-17,19-20H2,1-8H3,(H,47,53)(H,48,50)/t23-,24+,25-,26?,27-,31+,36-,43-/m1/s1. The Bertz CT molecular complexity index is 2080. The Balaban J connectivity index is 1.21. The summed E-state index contributed by atoms with van der Waals surface area (Å²) in [6.07, 6.45) is 2.50. The SMILES string of the molecule is CC[C@@H]1C[C@]1(NC(=O)[C@@H]1C[C@@H](Oc2cc(-c3nc(C(C)C)cs3)nc3c(Cl)c(OCCOC)ccc23)CN1C(=O)[C@@H](NC(=O)OC1C[C@@H]2C[C@@H]2C1)C(C)(C)C)C(=O)OC. The molecular formula is C43H56ClN5O9S. The molecule has 59 heavy (non-hydrogen) atoms. The highest BCUT2D eigenvalue weighted by Gasteiger charge is 2.62. The molecule has 320 valence electrons. The number of amides is 3. The minimum atomic E-state index is -1.18. The van der Waals surface area contributed by atoms with Gasteiger partial charge in [-0.25, -0.2) is 19.6 Å². The second-order valence-corrected chi connectivity index (χ2v) is 19.0.